The van der Waals surface area contributed by atoms with E-state index in [-0.39, 0.29) is 11.9 Å². The van der Waals surface area contributed by atoms with Crippen LogP contribution in [0.2, 0.25) is 0 Å². The summed E-state index contributed by atoms with van der Waals surface area (Å²) in [6.07, 6.45) is 4.26. The number of urea groups is 1. The number of amides is 3. The van der Waals surface area contributed by atoms with E-state index in [1.54, 1.807) is 6.08 Å². The summed E-state index contributed by atoms with van der Waals surface area (Å²) in [5.41, 5.74) is 1.88. The van der Waals surface area contributed by atoms with Gasteiger partial charge in [0, 0.05) is 31.7 Å². The second-order valence-corrected chi connectivity index (χ2v) is 5.02. The monoisotopic (exact) mass is 287 g/mol. The van der Waals surface area contributed by atoms with Gasteiger partial charge in [0.25, 0.3) is 0 Å². The summed E-state index contributed by atoms with van der Waals surface area (Å²) in [4.78, 5) is 25.2. The van der Waals surface area contributed by atoms with E-state index in [0.717, 1.165) is 30.6 Å². The maximum absolute atomic E-state index is 11.9. The van der Waals surface area contributed by atoms with Gasteiger partial charge in [0.2, 0.25) is 5.91 Å². The van der Waals surface area contributed by atoms with Crippen LogP contribution >= 0.6 is 0 Å². The van der Waals surface area contributed by atoms with Crippen molar-refractivity contribution in [2.24, 2.45) is 0 Å². The Hall–Kier alpha value is -2.30. The zero-order valence-corrected chi connectivity index (χ0v) is 12.1. The van der Waals surface area contributed by atoms with Crippen LogP contribution in [-0.2, 0) is 11.3 Å². The van der Waals surface area contributed by atoms with Gasteiger partial charge in [-0.05, 0) is 30.5 Å². The van der Waals surface area contributed by atoms with Gasteiger partial charge >= 0.3 is 6.03 Å². The highest BCUT2D eigenvalue weighted by Gasteiger charge is 2.19. The molecule has 112 valence electrons. The van der Waals surface area contributed by atoms with E-state index in [2.05, 4.69) is 17.2 Å². The molecule has 2 rings (SSSR count). The van der Waals surface area contributed by atoms with Crippen molar-refractivity contribution in [2.75, 3.05) is 18.0 Å². The first-order valence-electron chi connectivity index (χ1n) is 7.22. The van der Waals surface area contributed by atoms with E-state index in [0.29, 0.717) is 19.5 Å². The smallest absolute Gasteiger partial charge is 0.315 e. The molecule has 0 bridgehead atoms. The fraction of sp³-hybridized carbons (Fsp3) is 0.375. The van der Waals surface area contributed by atoms with Crippen LogP contribution in [0, 0.1) is 0 Å². The van der Waals surface area contributed by atoms with Crippen LogP contribution in [0.4, 0.5) is 10.5 Å². The molecule has 2 N–H and O–H groups in total. The minimum atomic E-state index is -0.227. The van der Waals surface area contributed by atoms with E-state index in [9.17, 15) is 9.59 Å². The first-order valence-corrected chi connectivity index (χ1v) is 7.22. The highest BCUT2D eigenvalue weighted by molar-refractivity contribution is 5.94. The average Bonchev–Trinajstić information content (AvgIpc) is 2.51. The van der Waals surface area contributed by atoms with Gasteiger partial charge < -0.3 is 15.5 Å². The number of nitrogens with one attached hydrogen (secondary N) is 2. The average molecular weight is 287 g/mol. The van der Waals surface area contributed by atoms with Crippen molar-refractivity contribution in [3.63, 3.8) is 0 Å². The summed E-state index contributed by atoms with van der Waals surface area (Å²) >= 11 is 0. The predicted molar refractivity (Wildman–Crippen MR) is 83.1 cm³/mol. The number of piperidine rings is 1. The minimum absolute atomic E-state index is 0.176. The molecule has 1 saturated heterocycles. The van der Waals surface area contributed by atoms with Gasteiger partial charge in [0.15, 0.2) is 0 Å². The number of carbonyl (C=O) groups is 2. The second-order valence-electron chi connectivity index (χ2n) is 5.02. The molecule has 0 aromatic heterocycles. The van der Waals surface area contributed by atoms with Crippen LogP contribution in [0.3, 0.4) is 0 Å². The Morgan fingerprint density at radius 1 is 1.33 bits per heavy atom. The van der Waals surface area contributed by atoms with Crippen molar-refractivity contribution < 1.29 is 9.59 Å². The molecule has 1 aromatic rings. The number of hydrogen-bond acceptors (Lipinski definition) is 2. The van der Waals surface area contributed by atoms with Gasteiger partial charge in [-0.1, -0.05) is 18.2 Å². The topological polar surface area (TPSA) is 61.4 Å². The molecule has 1 aliphatic heterocycles. The standard InChI is InChI=1S/C16H21N3O2/c1-2-9-17-16(21)18-12-13-6-5-7-14(11-13)19-10-4-3-8-15(19)20/h2,5-7,11H,1,3-4,8-10,12H2,(H2,17,18,21). The lowest BCUT2D eigenvalue weighted by Gasteiger charge is -2.27. The van der Waals surface area contributed by atoms with Gasteiger partial charge in [-0.15, -0.1) is 6.58 Å². The van der Waals surface area contributed by atoms with Crippen LogP contribution < -0.4 is 15.5 Å². The van der Waals surface area contributed by atoms with Gasteiger partial charge in [-0.3, -0.25) is 4.79 Å². The molecule has 0 saturated carbocycles. The zero-order valence-electron chi connectivity index (χ0n) is 12.1. The molecule has 0 radical (unpaired) electrons. The predicted octanol–water partition coefficient (Wildman–Crippen LogP) is 2.19. The first kappa shape index (κ1) is 15.1. The number of carbonyl (C=O) groups excluding carboxylic acids is 2. The molecule has 3 amide bonds. The summed E-state index contributed by atoms with van der Waals surface area (Å²) in [6, 6.07) is 7.51. The normalized spacial score (nSPS) is 14.7. The molecule has 0 unspecified atom stereocenters. The molecule has 5 heteroatoms. The lowest BCUT2D eigenvalue weighted by Crippen LogP contribution is -2.36. The van der Waals surface area contributed by atoms with E-state index in [1.165, 1.54) is 0 Å². The summed E-state index contributed by atoms with van der Waals surface area (Å²) in [6.45, 7) is 5.18. The third-order valence-electron chi connectivity index (χ3n) is 3.41. The van der Waals surface area contributed by atoms with Gasteiger partial charge in [-0.2, -0.15) is 0 Å². The first-order chi connectivity index (χ1) is 10.2. The van der Waals surface area contributed by atoms with Crippen LogP contribution in [0.5, 0.6) is 0 Å². The highest BCUT2D eigenvalue weighted by atomic mass is 16.2. The largest absolute Gasteiger partial charge is 0.335 e. The van der Waals surface area contributed by atoms with Gasteiger partial charge in [0.05, 0.1) is 0 Å². The third-order valence-corrected chi connectivity index (χ3v) is 3.41. The maximum atomic E-state index is 11.9. The molecule has 0 atom stereocenters. The summed E-state index contributed by atoms with van der Waals surface area (Å²) < 4.78 is 0. The van der Waals surface area contributed by atoms with Crippen LogP contribution in [0.1, 0.15) is 24.8 Å². The van der Waals surface area contributed by atoms with Crippen molar-refractivity contribution in [3.05, 3.63) is 42.5 Å². The summed E-state index contributed by atoms with van der Waals surface area (Å²) in [5.74, 6) is 0.176. The zero-order chi connectivity index (χ0) is 15.1. The van der Waals surface area contributed by atoms with Crippen LogP contribution in [0.25, 0.3) is 0 Å². The molecule has 0 aliphatic carbocycles. The van der Waals surface area contributed by atoms with E-state index < -0.39 is 0 Å². The van der Waals surface area contributed by atoms with Crippen molar-refractivity contribution in [2.45, 2.75) is 25.8 Å². The molecular formula is C16H21N3O2. The third kappa shape index (κ3) is 4.34. The fourth-order valence-corrected chi connectivity index (χ4v) is 2.32. The van der Waals surface area contributed by atoms with Crippen molar-refractivity contribution in [1.29, 1.82) is 0 Å². The van der Waals surface area contributed by atoms with Crippen molar-refractivity contribution in [3.8, 4) is 0 Å². The lowest BCUT2D eigenvalue weighted by molar-refractivity contribution is -0.119. The molecule has 21 heavy (non-hydrogen) atoms. The maximum Gasteiger partial charge on any atom is 0.315 e. The Balaban J connectivity index is 1.95. The Bertz CT molecular complexity index is 528. The minimum Gasteiger partial charge on any atom is -0.335 e. The van der Waals surface area contributed by atoms with E-state index in [1.807, 2.05) is 29.2 Å². The molecule has 1 fully saturated rings. The number of benzene rings is 1. The molecule has 1 aromatic carbocycles. The Morgan fingerprint density at radius 2 is 2.19 bits per heavy atom. The highest BCUT2D eigenvalue weighted by Crippen LogP contribution is 2.21. The van der Waals surface area contributed by atoms with Crippen LogP contribution in [0.15, 0.2) is 36.9 Å². The van der Waals surface area contributed by atoms with Crippen LogP contribution in [-0.4, -0.2) is 25.0 Å². The van der Waals surface area contributed by atoms with E-state index in [4.69, 9.17) is 0 Å². The molecule has 1 aliphatic rings. The fourth-order valence-electron chi connectivity index (χ4n) is 2.32. The Morgan fingerprint density at radius 3 is 2.95 bits per heavy atom. The summed E-state index contributed by atoms with van der Waals surface area (Å²) in [7, 11) is 0. The second kappa shape index (κ2) is 7.47. The number of rotatable bonds is 5. The lowest BCUT2D eigenvalue weighted by atomic mass is 10.1. The number of nitrogens with zero attached hydrogens (tertiary/aromatic N) is 1. The Kier molecular flexibility index (Phi) is 5.37. The molecular weight excluding hydrogens is 266 g/mol. The molecule has 5 nitrogen and oxygen atoms in total. The quantitative estimate of drug-likeness (QED) is 0.815. The Labute approximate surface area is 125 Å². The summed E-state index contributed by atoms with van der Waals surface area (Å²) in [5, 5.41) is 5.43. The van der Waals surface area contributed by atoms with Crippen molar-refractivity contribution in [1.82, 2.24) is 10.6 Å². The molecule has 0 spiro atoms. The number of anilines is 1. The van der Waals surface area contributed by atoms with Gasteiger partial charge in [-0.25, -0.2) is 4.79 Å². The van der Waals surface area contributed by atoms with Crippen molar-refractivity contribution >= 4 is 17.6 Å². The molecule has 1 heterocycles. The number of hydrogen-bond donors (Lipinski definition) is 2. The van der Waals surface area contributed by atoms with E-state index >= 15 is 0 Å². The SMILES string of the molecule is C=CCNC(=O)NCc1cccc(N2CCCCC2=O)c1. The van der Waals surface area contributed by atoms with Gasteiger partial charge in [0.1, 0.15) is 0 Å².